The topological polar surface area (TPSA) is 105 Å². The molecule has 12 heteroatoms. The second kappa shape index (κ2) is 15.3. The van der Waals surface area contributed by atoms with Crippen LogP contribution < -0.4 is 19.1 Å². The van der Waals surface area contributed by atoms with Crippen LogP contribution in [0.5, 0.6) is 11.5 Å². The zero-order valence-electron chi connectivity index (χ0n) is 24.8. The minimum Gasteiger partial charge on any atom is -0.497 e. The van der Waals surface area contributed by atoms with Gasteiger partial charge in [-0.15, -0.1) is 0 Å². The van der Waals surface area contributed by atoms with Gasteiger partial charge in [-0.3, -0.25) is 13.9 Å². The number of hydrogen-bond donors (Lipinski definition) is 1. The van der Waals surface area contributed by atoms with Gasteiger partial charge in [0.05, 0.1) is 36.2 Å². The molecule has 9 nitrogen and oxygen atoms in total. The van der Waals surface area contributed by atoms with Crippen LogP contribution in [0, 0.1) is 5.92 Å². The maximum atomic E-state index is 14.3. The number of methoxy groups -OCH3 is 2. The smallest absolute Gasteiger partial charge is 0.244 e. The first kappa shape index (κ1) is 34.0. The van der Waals surface area contributed by atoms with Crippen molar-refractivity contribution in [2.45, 2.75) is 32.9 Å². The minimum absolute atomic E-state index is 0.0326. The highest BCUT2D eigenvalue weighted by Gasteiger charge is 2.34. The summed E-state index contributed by atoms with van der Waals surface area (Å²) in [6.45, 7) is 3.70. The number of benzene rings is 3. The van der Waals surface area contributed by atoms with E-state index < -0.39 is 28.5 Å². The van der Waals surface area contributed by atoms with E-state index >= 15 is 0 Å². The third kappa shape index (κ3) is 9.51. The molecule has 0 saturated carbocycles. The number of sulfonamides is 1. The van der Waals surface area contributed by atoms with Gasteiger partial charge in [-0.05, 0) is 41.3 Å². The molecular formula is C31H37Cl2N3O6S. The second-order valence-corrected chi connectivity index (χ2v) is 13.1. The van der Waals surface area contributed by atoms with E-state index in [1.54, 1.807) is 30.3 Å². The van der Waals surface area contributed by atoms with Gasteiger partial charge in [0.15, 0.2) is 0 Å². The van der Waals surface area contributed by atoms with Crippen LogP contribution in [0.15, 0.2) is 66.7 Å². The van der Waals surface area contributed by atoms with Crippen molar-refractivity contribution < 1.29 is 27.5 Å². The molecule has 0 saturated heterocycles. The maximum Gasteiger partial charge on any atom is 0.244 e. The van der Waals surface area contributed by atoms with E-state index in [2.05, 4.69) is 5.32 Å². The molecule has 3 aromatic carbocycles. The Morgan fingerprint density at radius 3 is 2.19 bits per heavy atom. The SMILES string of the molecule is COc1ccc(OC)c(N(CC(=O)N(Cc2ccc(Cl)c(Cl)c2)[C@H](Cc2ccccc2)C(=O)NCC(C)C)S(C)(=O)=O)c1. The summed E-state index contributed by atoms with van der Waals surface area (Å²) < 4.78 is 37.9. The molecule has 0 bridgehead atoms. The Bertz CT molecular complexity index is 1520. The first-order valence-electron chi connectivity index (χ1n) is 13.6. The Morgan fingerprint density at radius 1 is 0.907 bits per heavy atom. The number of nitrogens with zero attached hydrogens (tertiary/aromatic N) is 2. The summed E-state index contributed by atoms with van der Waals surface area (Å²) in [7, 11) is -1.15. The highest BCUT2D eigenvalue weighted by atomic mass is 35.5. The molecule has 0 unspecified atom stereocenters. The zero-order valence-corrected chi connectivity index (χ0v) is 27.2. The summed E-state index contributed by atoms with van der Waals surface area (Å²) in [6.07, 6.45) is 1.19. The Morgan fingerprint density at radius 2 is 1.60 bits per heavy atom. The van der Waals surface area contributed by atoms with E-state index in [9.17, 15) is 18.0 Å². The van der Waals surface area contributed by atoms with Crippen LogP contribution in [0.25, 0.3) is 0 Å². The van der Waals surface area contributed by atoms with Crippen LogP contribution in [0.1, 0.15) is 25.0 Å². The van der Waals surface area contributed by atoms with Gasteiger partial charge in [-0.2, -0.15) is 0 Å². The summed E-state index contributed by atoms with van der Waals surface area (Å²) in [5, 5.41) is 3.57. The number of ether oxygens (including phenoxy) is 2. The van der Waals surface area contributed by atoms with Gasteiger partial charge in [0.25, 0.3) is 0 Å². The number of halogens is 2. The summed E-state index contributed by atoms with van der Waals surface area (Å²) in [6, 6.07) is 17.9. The summed E-state index contributed by atoms with van der Waals surface area (Å²) in [5.41, 5.74) is 1.56. The Hall–Kier alpha value is -3.47. The summed E-state index contributed by atoms with van der Waals surface area (Å²) in [5.74, 6) is -0.204. The van der Waals surface area contributed by atoms with Gasteiger partial charge in [0.1, 0.15) is 24.1 Å². The average Bonchev–Trinajstić information content (AvgIpc) is 2.97. The predicted molar refractivity (Wildman–Crippen MR) is 171 cm³/mol. The first-order valence-corrected chi connectivity index (χ1v) is 16.2. The van der Waals surface area contributed by atoms with Crippen molar-refractivity contribution in [3.8, 4) is 11.5 Å². The van der Waals surface area contributed by atoms with Gasteiger partial charge in [0.2, 0.25) is 21.8 Å². The lowest BCUT2D eigenvalue weighted by atomic mass is 10.0. The molecule has 0 aliphatic carbocycles. The van der Waals surface area contributed by atoms with Crippen molar-refractivity contribution in [3.05, 3.63) is 87.9 Å². The maximum absolute atomic E-state index is 14.3. The van der Waals surface area contributed by atoms with E-state index in [1.165, 1.54) is 25.2 Å². The number of hydrogen-bond acceptors (Lipinski definition) is 6. The predicted octanol–water partition coefficient (Wildman–Crippen LogP) is 5.19. The number of anilines is 1. The van der Waals surface area contributed by atoms with E-state index in [-0.39, 0.29) is 41.3 Å². The van der Waals surface area contributed by atoms with Crippen LogP contribution in [0.3, 0.4) is 0 Å². The number of carbonyl (C=O) groups is 2. The molecule has 1 N–H and O–H groups in total. The highest BCUT2D eigenvalue weighted by molar-refractivity contribution is 7.92. The molecule has 0 aliphatic heterocycles. The van der Waals surface area contributed by atoms with Crippen molar-refractivity contribution in [3.63, 3.8) is 0 Å². The average molecular weight is 651 g/mol. The van der Waals surface area contributed by atoms with Crippen LogP contribution in [-0.2, 0) is 32.6 Å². The van der Waals surface area contributed by atoms with Crippen molar-refractivity contribution in [2.24, 2.45) is 5.92 Å². The Labute approximate surface area is 263 Å². The van der Waals surface area contributed by atoms with Crippen LogP contribution in [0.4, 0.5) is 5.69 Å². The lowest BCUT2D eigenvalue weighted by Crippen LogP contribution is -2.53. The number of carbonyl (C=O) groups excluding carboxylic acids is 2. The third-order valence-electron chi connectivity index (χ3n) is 6.63. The van der Waals surface area contributed by atoms with Crippen LogP contribution in [-0.4, -0.2) is 64.7 Å². The van der Waals surface area contributed by atoms with Crippen molar-refractivity contribution >= 4 is 50.7 Å². The standard InChI is InChI=1S/C31H37Cl2N3O6S/c1-21(2)18-34-31(38)28(16-22-9-7-6-8-10-22)35(19-23-11-13-25(32)26(33)15-23)30(37)20-36(43(5,39)40)27-17-24(41-3)12-14-29(27)42-4/h6-15,17,21,28H,16,18-20H2,1-5H3,(H,34,38)/t28-/m1/s1. The van der Waals surface area contributed by atoms with Gasteiger partial charge in [0, 0.05) is 25.6 Å². The molecule has 0 radical (unpaired) electrons. The lowest BCUT2D eigenvalue weighted by molar-refractivity contribution is -0.140. The van der Waals surface area contributed by atoms with E-state index in [0.717, 1.165) is 16.1 Å². The van der Waals surface area contributed by atoms with Crippen LogP contribution in [0.2, 0.25) is 10.0 Å². The number of nitrogens with one attached hydrogen (secondary N) is 1. The van der Waals surface area contributed by atoms with E-state index in [4.69, 9.17) is 32.7 Å². The Balaban J connectivity index is 2.12. The van der Waals surface area contributed by atoms with Gasteiger partial charge < -0.3 is 19.7 Å². The van der Waals surface area contributed by atoms with Gasteiger partial charge in [-0.1, -0.05) is 73.4 Å². The molecule has 0 fully saturated rings. The fraction of sp³-hybridized carbons (Fsp3) is 0.355. The molecule has 0 spiro atoms. The molecule has 43 heavy (non-hydrogen) atoms. The van der Waals surface area contributed by atoms with Crippen molar-refractivity contribution in [2.75, 3.05) is 37.9 Å². The normalized spacial score (nSPS) is 12.0. The van der Waals surface area contributed by atoms with E-state index in [0.29, 0.717) is 22.9 Å². The first-order chi connectivity index (χ1) is 20.3. The molecule has 3 rings (SSSR count). The molecule has 0 heterocycles. The number of amides is 2. The van der Waals surface area contributed by atoms with Gasteiger partial charge >= 0.3 is 0 Å². The zero-order chi connectivity index (χ0) is 31.7. The fourth-order valence-corrected chi connectivity index (χ4v) is 5.56. The van der Waals surface area contributed by atoms with Crippen molar-refractivity contribution in [1.29, 1.82) is 0 Å². The highest BCUT2D eigenvalue weighted by Crippen LogP contribution is 2.34. The number of rotatable bonds is 14. The lowest BCUT2D eigenvalue weighted by Gasteiger charge is -2.34. The minimum atomic E-state index is -4.00. The van der Waals surface area contributed by atoms with E-state index in [1.807, 2.05) is 44.2 Å². The molecule has 2 amide bonds. The van der Waals surface area contributed by atoms with Crippen LogP contribution >= 0.6 is 23.2 Å². The molecule has 232 valence electrons. The fourth-order valence-electron chi connectivity index (χ4n) is 4.40. The van der Waals surface area contributed by atoms with Gasteiger partial charge in [-0.25, -0.2) is 8.42 Å². The molecule has 0 aromatic heterocycles. The molecule has 0 aliphatic rings. The quantitative estimate of drug-likeness (QED) is 0.258. The summed E-state index contributed by atoms with van der Waals surface area (Å²) in [4.78, 5) is 29.4. The van der Waals surface area contributed by atoms with Crippen molar-refractivity contribution in [1.82, 2.24) is 10.2 Å². The summed E-state index contributed by atoms with van der Waals surface area (Å²) >= 11 is 12.4. The molecule has 1 atom stereocenters. The molecule has 3 aromatic rings. The second-order valence-electron chi connectivity index (χ2n) is 10.4. The third-order valence-corrected chi connectivity index (χ3v) is 8.49. The monoisotopic (exact) mass is 649 g/mol. The Kier molecular flexibility index (Phi) is 12.1. The largest absolute Gasteiger partial charge is 0.497 e. The molecular weight excluding hydrogens is 613 g/mol.